The molecule has 1 aliphatic heterocycles. The van der Waals surface area contributed by atoms with E-state index in [0.717, 1.165) is 32.3 Å². The second-order valence-corrected chi connectivity index (χ2v) is 10.5. The fraction of sp³-hybridized carbons (Fsp3) is 0.138. The minimum atomic E-state index is -0.606. The van der Waals surface area contributed by atoms with E-state index in [1.165, 1.54) is 31.4 Å². The Labute approximate surface area is 242 Å². The Bertz CT molecular complexity index is 1520. The summed E-state index contributed by atoms with van der Waals surface area (Å²) in [5.41, 5.74) is 2.35. The second kappa shape index (κ2) is 12.8. The molecule has 1 heterocycles. The largest absolute Gasteiger partial charge is 0.493 e. The van der Waals surface area contributed by atoms with Gasteiger partial charge in [0.1, 0.15) is 6.61 Å². The van der Waals surface area contributed by atoms with Crippen LogP contribution in [0.3, 0.4) is 0 Å². The van der Waals surface area contributed by atoms with Crippen LogP contribution in [0.5, 0.6) is 11.5 Å². The van der Waals surface area contributed by atoms with Crippen LogP contribution in [0.1, 0.15) is 27.0 Å². The Morgan fingerprint density at radius 2 is 1.82 bits per heavy atom. The van der Waals surface area contributed by atoms with Crippen molar-refractivity contribution in [3.05, 3.63) is 115 Å². The Morgan fingerprint density at radius 1 is 1.12 bits per heavy atom. The maximum atomic E-state index is 13.0. The lowest BCUT2D eigenvalue weighted by atomic mass is 10.0. The number of nitro groups is 1. The lowest BCUT2D eigenvalue weighted by molar-refractivity contribution is -0.384. The molecular weight excluding hydrogens is 600 g/mol. The quantitative estimate of drug-likeness (QED) is 0.0772. The second-order valence-electron chi connectivity index (χ2n) is 8.61. The average molecular weight is 623 g/mol. The number of amides is 2. The molecule has 0 saturated carbocycles. The summed E-state index contributed by atoms with van der Waals surface area (Å²) in [7, 11) is 1.51. The number of ketones is 1. The Morgan fingerprint density at radius 3 is 2.45 bits per heavy atom. The minimum absolute atomic E-state index is 0.150. The van der Waals surface area contributed by atoms with Gasteiger partial charge in [0.2, 0.25) is 0 Å². The number of allylic oxidation sites excluding steroid dienone is 1. The third-order valence-corrected chi connectivity index (χ3v) is 7.34. The number of hydrogen-bond donors (Lipinski definition) is 0. The molecule has 2 amide bonds. The van der Waals surface area contributed by atoms with E-state index in [1.54, 1.807) is 18.2 Å². The first-order valence-electron chi connectivity index (χ1n) is 11.9. The predicted octanol–water partition coefficient (Wildman–Crippen LogP) is 6.59. The third-order valence-electron chi connectivity index (χ3n) is 5.91. The van der Waals surface area contributed by atoms with E-state index in [-0.39, 0.29) is 16.2 Å². The number of benzene rings is 3. The van der Waals surface area contributed by atoms with Gasteiger partial charge in [-0.1, -0.05) is 34.1 Å². The molecule has 0 aromatic heterocycles. The van der Waals surface area contributed by atoms with Crippen LogP contribution in [0, 0.1) is 10.1 Å². The molecule has 40 heavy (non-hydrogen) atoms. The first-order chi connectivity index (χ1) is 19.2. The number of rotatable bonds is 11. The molecule has 0 atom stereocenters. The van der Waals surface area contributed by atoms with Gasteiger partial charge in [-0.25, -0.2) is 0 Å². The van der Waals surface area contributed by atoms with E-state index in [0.29, 0.717) is 30.1 Å². The van der Waals surface area contributed by atoms with Gasteiger partial charge >= 0.3 is 0 Å². The van der Waals surface area contributed by atoms with E-state index in [2.05, 4.69) is 22.5 Å². The monoisotopic (exact) mass is 622 g/mol. The van der Waals surface area contributed by atoms with Crippen molar-refractivity contribution in [1.82, 2.24) is 4.90 Å². The summed E-state index contributed by atoms with van der Waals surface area (Å²) >= 11 is 4.14. The molecule has 1 aliphatic rings. The fourth-order valence-corrected chi connectivity index (χ4v) is 5.02. The van der Waals surface area contributed by atoms with Gasteiger partial charge in [0.05, 0.1) is 23.5 Å². The summed E-state index contributed by atoms with van der Waals surface area (Å²) < 4.78 is 12.7. The standard InChI is InChI=1S/C29H23BrN2O7S/c1-3-4-21-13-19(14-25(38-2)27(21)39-17-18-5-9-22(30)10-6-18)15-26-28(34)31(29(35)40-26)16-24(33)20-7-11-23(12-8-20)32(36)37/h3,5-15H,1,4,16-17H2,2H3/b26-15-. The molecule has 0 unspecified atom stereocenters. The number of Topliss-reactive ketones (excluding diaryl/α,β-unsaturated/α-hetero) is 1. The molecular formula is C29H23BrN2O7S. The number of halogens is 1. The summed E-state index contributed by atoms with van der Waals surface area (Å²) in [6.45, 7) is 3.66. The summed E-state index contributed by atoms with van der Waals surface area (Å²) in [6, 6.07) is 16.3. The van der Waals surface area contributed by atoms with Crippen LogP contribution in [0.2, 0.25) is 0 Å². The lowest BCUT2D eigenvalue weighted by Crippen LogP contribution is -2.33. The summed E-state index contributed by atoms with van der Waals surface area (Å²) in [5.74, 6) is -0.120. The number of thioether (sulfide) groups is 1. The van der Waals surface area contributed by atoms with Crippen LogP contribution >= 0.6 is 27.7 Å². The van der Waals surface area contributed by atoms with Crippen molar-refractivity contribution in [1.29, 1.82) is 0 Å². The number of hydrogen-bond acceptors (Lipinski definition) is 8. The maximum absolute atomic E-state index is 13.0. The number of non-ortho nitro benzene ring substituents is 1. The molecule has 0 N–H and O–H groups in total. The molecule has 3 aromatic rings. The van der Waals surface area contributed by atoms with Crippen LogP contribution in [-0.4, -0.2) is 40.4 Å². The van der Waals surface area contributed by atoms with Gasteiger partial charge in [0, 0.05) is 27.7 Å². The summed E-state index contributed by atoms with van der Waals surface area (Å²) in [6.07, 6.45) is 3.76. The number of nitro benzene ring substituents is 1. The molecule has 3 aromatic carbocycles. The van der Waals surface area contributed by atoms with Crippen LogP contribution < -0.4 is 9.47 Å². The minimum Gasteiger partial charge on any atom is -0.493 e. The smallest absolute Gasteiger partial charge is 0.293 e. The van der Waals surface area contributed by atoms with Crippen LogP contribution in [-0.2, 0) is 17.8 Å². The Hall–Kier alpha value is -4.22. The maximum Gasteiger partial charge on any atom is 0.293 e. The first-order valence-corrected chi connectivity index (χ1v) is 13.5. The van der Waals surface area contributed by atoms with Gasteiger partial charge in [0.15, 0.2) is 17.3 Å². The molecule has 204 valence electrons. The van der Waals surface area contributed by atoms with Crippen molar-refractivity contribution in [2.24, 2.45) is 0 Å². The summed E-state index contributed by atoms with van der Waals surface area (Å²) in [4.78, 5) is 49.6. The fourth-order valence-electron chi connectivity index (χ4n) is 3.92. The number of carbonyl (C=O) groups is 3. The predicted molar refractivity (Wildman–Crippen MR) is 155 cm³/mol. The Kier molecular flexibility index (Phi) is 9.18. The molecule has 11 heteroatoms. The molecule has 4 rings (SSSR count). The van der Waals surface area contributed by atoms with Gasteiger partial charge < -0.3 is 9.47 Å². The number of nitrogens with zero attached hydrogens (tertiary/aromatic N) is 2. The van der Waals surface area contributed by atoms with Gasteiger partial charge in [-0.05, 0) is 71.8 Å². The highest BCUT2D eigenvalue weighted by molar-refractivity contribution is 9.10. The molecule has 0 spiro atoms. The molecule has 0 bridgehead atoms. The van der Waals surface area contributed by atoms with Crippen molar-refractivity contribution in [3.63, 3.8) is 0 Å². The van der Waals surface area contributed by atoms with Crippen LogP contribution in [0.25, 0.3) is 6.08 Å². The number of carbonyl (C=O) groups excluding carboxylic acids is 3. The molecule has 0 radical (unpaired) electrons. The van der Waals surface area contributed by atoms with Crippen molar-refractivity contribution < 1.29 is 28.8 Å². The molecule has 9 nitrogen and oxygen atoms in total. The molecule has 1 fully saturated rings. The van der Waals surface area contributed by atoms with Crippen molar-refractivity contribution >= 4 is 56.4 Å². The van der Waals surface area contributed by atoms with E-state index in [4.69, 9.17) is 9.47 Å². The number of ether oxygens (including phenoxy) is 2. The van der Waals surface area contributed by atoms with Gasteiger partial charge in [-0.15, -0.1) is 6.58 Å². The Balaban J connectivity index is 1.54. The topological polar surface area (TPSA) is 116 Å². The van der Waals surface area contributed by atoms with E-state index in [9.17, 15) is 24.5 Å². The summed E-state index contributed by atoms with van der Waals surface area (Å²) in [5, 5.41) is 10.3. The normalized spacial score (nSPS) is 13.9. The van der Waals surface area contributed by atoms with E-state index >= 15 is 0 Å². The average Bonchev–Trinajstić information content (AvgIpc) is 3.20. The highest BCUT2D eigenvalue weighted by Crippen LogP contribution is 2.37. The molecule has 1 saturated heterocycles. The zero-order valence-electron chi connectivity index (χ0n) is 21.3. The third kappa shape index (κ3) is 6.67. The van der Waals surface area contributed by atoms with E-state index in [1.807, 2.05) is 30.3 Å². The van der Waals surface area contributed by atoms with E-state index < -0.39 is 28.4 Å². The number of methoxy groups -OCH3 is 1. The zero-order valence-corrected chi connectivity index (χ0v) is 23.7. The first kappa shape index (κ1) is 28.8. The van der Waals surface area contributed by atoms with Crippen LogP contribution in [0.15, 0.2) is 82.7 Å². The van der Waals surface area contributed by atoms with Crippen molar-refractivity contribution in [3.8, 4) is 11.5 Å². The highest BCUT2D eigenvalue weighted by atomic mass is 79.9. The lowest BCUT2D eigenvalue weighted by Gasteiger charge is -2.16. The van der Waals surface area contributed by atoms with Crippen molar-refractivity contribution in [2.75, 3.05) is 13.7 Å². The van der Waals surface area contributed by atoms with Crippen LogP contribution in [0.4, 0.5) is 10.5 Å². The van der Waals surface area contributed by atoms with Crippen molar-refractivity contribution in [2.45, 2.75) is 13.0 Å². The highest BCUT2D eigenvalue weighted by Gasteiger charge is 2.36. The zero-order chi connectivity index (χ0) is 28.8. The van der Waals surface area contributed by atoms with Gasteiger partial charge in [0.25, 0.3) is 16.8 Å². The SMILES string of the molecule is C=CCc1cc(/C=C2\SC(=O)N(CC(=O)c3ccc([N+](=O)[O-])cc3)C2=O)cc(OC)c1OCc1ccc(Br)cc1. The molecule has 0 aliphatic carbocycles. The van der Waals surface area contributed by atoms with Gasteiger partial charge in [-0.2, -0.15) is 0 Å². The van der Waals surface area contributed by atoms with Gasteiger partial charge in [-0.3, -0.25) is 29.4 Å². The number of imide groups is 1.